The molecule has 0 aromatic carbocycles. The summed E-state index contributed by atoms with van der Waals surface area (Å²) in [5, 5.41) is 0. The molecule has 1 atom stereocenters. The minimum Gasteiger partial charge on any atom is -0.460 e. The van der Waals surface area contributed by atoms with E-state index in [1.165, 1.54) is 11.3 Å². The van der Waals surface area contributed by atoms with E-state index in [9.17, 15) is 22.8 Å². The number of amides is 1. The Bertz CT molecular complexity index is 544. The van der Waals surface area contributed by atoms with E-state index in [0.717, 1.165) is 10.6 Å². The predicted octanol–water partition coefficient (Wildman–Crippen LogP) is 1.91. The van der Waals surface area contributed by atoms with Crippen LogP contribution in [0.5, 0.6) is 0 Å². The molecule has 5 nitrogen and oxygen atoms in total. The first-order valence-corrected chi connectivity index (χ1v) is 7.04. The number of carbonyl (C=O) groups excluding carboxylic acids is 2. The first kappa shape index (κ1) is 15.7. The maximum Gasteiger partial charge on any atom is 0.406 e. The molecule has 0 spiro atoms. The second kappa shape index (κ2) is 6.00. The summed E-state index contributed by atoms with van der Waals surface area (Å²) in [4.78, 5) is 28.7. The molecule has 1 fully saturated rings. The van der Waals surface area contributed by atoms with Gasteiger partial charge in [0.2, 0.25) is 5.91 Å². The van der Waals surface area contributed by atoms with Gasteiger partial charge in [-0.05, 0) is 6.92 Å². The van der Waals surface area contributed by atoms with Crippen LogP contribution in [0.3, 0.4) is 0 Å². The second-order valence-electron chi connectivity index (χ2n) is 4.76. The van der Waals surface area contributed by atoms with Gasteiger partial charge in [0.15, 0.2) is 0 Å². The number of carbonyl (C=O) groups is 2. The number of hydrogen-bond acceptors (Lipinski definition) is 5. The third-order valence-corrected chi connectivity index (χ3v) is 4.02. The molecule has 0 unspecified atom stereocenters. The average molecular weight is 322 g/mol. The molecule has 1 saturated heterocycles. The van der Waals surface area contributed by atoms with Crippen LogP contribution in [-0.2, 0) is 20.9 Å². The van der Waals surface area contributed by atoms with E-state index in [0.29, 0.717) is 4.90 Å². The first-order valence-electron chi connectivity index (χ1n) is 6.16. The zero-order valence-electron chi connectivity index (χ0n) is 11.1. The van der Waals surface area contributed by atoms with E-state index in [1.54, 1.807) is 12.4 Å². The Hall–Kier alpha value is -1.64. The highest BCUT2D eigenvalue weighted by atomic mass is 32.1. The van der Waals surface area contributed by atoms with Crippen molar-refractivity contribution in [3.8, 4) is 0 Å². The van der Waals surface area contributed by atoms with Crippen LogP contribution in [-0.4, -0.2) is 41.0 Å². The normalized spacial score (nSPS) is 19.1. The van der Waals surface area contributed by atoms with Crippen LogP contribution < -0.4 is 0 Å². The molecule has 2 heterocycles. The summed E-state index contributed by atoms with van der Waals surface area (Å²) < 4.78 is 41.9. The third-order valence-electron chi connectivity index (χ3n) is 3.11. The molecule has 21 heavy (non-hydrogen) atoms. The Labute approximate surface area is 122 Å². The van der Waals surface area contributed by atoms with Crippen molar-refractivity contribution in [1.29, 1.82) is 0 Å². The van der Waals surface area contributed by atoms with Gasteiger partial charge in [-0.3, -0.25) is 9.59 Å². The zero-order valence-corrected chi connectivity index (χ0v) is 12.0. The topological polar surface area (TPSA) is 59.5 Å². The van der Waals surface area contributed by atoms with Gasteiger partial charge >= 0.3 is 12.1 Å². The van der Waals surface area contributed by atoms with Gasteiger partial charge in [-0.25, -0.2) is 4.98 Å². The molecule has 0 aliphatic carbocycles. The van der Waals surface area contributed by atoms with Gasteiger partial charge in [0.05, 0.1) is 22.0 Å². The molecular weight excluding hydrogens is 309 g/mol. The Morgan fingerprint density at radius 2 is 2.29 bits per heavy atom. The summed E-state index contributed by atoms with van der Waals surface area (Å²) in [6, 6.07) is 0. The molecule has 0 N–H and O–H groups in total. The first-order chi connectivity index (χ1) is 9.76. The number of aryl methyl sites for hydroxylation is 1. The van der Waals surface area contributed by atoms with Crippen molar-refractivity contribution >= 4 is 23.2 Å². The van der Waals surface area contributed by atoms with Gasteiger partial charge in [0.25, 0.3) is 0 Å². The van der Waals surface area contributed by atoms with Gasteiger partial charge in [0.1, 0.15) is 13.2 Å². The number of aromatic nitrogens is 1. The fourth-order valence-electron chi connectivity index (χ4n) is 2.02. The second-order valence-corrected chi connectivity index (χ2v) is 5.70. The van der Waals surface area contributed by atoms with E-state index >= 15 is 0 Å². The zero-order chi connectivity index (χ0) is 15.6. The number of esters is 1. The maximum atomic E-state index is 12.3. The molecule has 2 rings (SSSR count). The number of thiazole rings is 1. The maximum absolute atomic E-state index is 12.3. The minimum atomic E-state index is -4.46. The molecule has 1 aliphatic rings. The summed E-state index contributed by atoms with van der Waals surface area (Å²) in [7, 11) is 0. The highest BCUT2D eigenvalue weighted by molar-refractivity contribution is 7.09. The molecule has 0 bridgehead atoms. The molecule has 1 aromatic heterocycles. The van der Waals surface area contributed by atoms with E-state index in [1.807, 2.05) is 0 Å². The number of nitrogens with zero attached hydrogens (tertiary/aromatic N) is 2. The number of hydrogen-bond donors (Lipinski definition) is 0. The lowest BCUT2D eigenvalue weighted by atomic mass is 10.1. The van der Waals surface area contributed by atoms with Gasteiger partial charge in [-0.15, -0.1) is 11.3 Å². The Kier molecular flexibility index (Phi) is 4.50. The van der Waals surface area contributed by atoms with Crippen LogP contribution in [0.1, 0.15) is 17.0 Å². The fraction of sp³-hybridized carbons (Fsp3) is 0.583. The summed E-state index contributed by atoms with van der Waals surface area (Å²) >= 11 is 1.33. The summed E-state index contributed by atoms with van der Waals surface area (Å²) in [6.07, 6.45) is -4.70. The van der Waals surface area contributed by atoms with E-state index in [2.05, 4.69) is 4.98 Å². The lowest BCUT2D eigenvalue weighted by Crippen LogP contribution is -2.35. The van der Waals surface area contributed by atoms with Gasteiger partial charge in [-0.1, -0.05) is 0 Å². The molecule has 0 saturated carbocycles. The van der Waals surface area contributed by atoms with Crippen molar-refractivity contribution in [2.75, 3.05) is 13.1 Å². The lowest BCUT2D eigenvalue weighted by molar-refractivity contribution is -0.158. The SMILES string of the molecule is Cc1ncsc1COC(=O)[C@H]1CC(=O)N(CC(F)(F)F)C1. The van der Waals surface area contributed by atoms with E-state index in [4.69, 9.17) is 4.74 Å². The Balaban J connectivity index is 1.87. The average Bonchev–Trinajstić information content (AvgIpc) is 2.92. The molecule has 1 aromatic rings. The molecule has 1 aliphatic heterocycles. The van der Waals surface area contributed by atoms with Crippen LogP contribution in [0.4, 0.5) is 13.2 Å². The monoisotopic (exact) mass is 322 g/mol. The van der Waals surface area contributed by atoms with Crippen LogP contribution >= 0.6 is 11.3 Å². The smallest absolute Gasteiger partial charge is 0.406 e. The Morgan fingerprint density at radius 1 is 1.57 bits per heavy atom. The fourth-order valence-corrected chi connectivity index (χ4v) is 2.71. The molecular formula is C12H13F3N2O3S. The molecule has 9 heteroatoms. The van der Waals surface area contributed by atoms with E-state index < -0.39 is 30.5 Å². The largest absolute Gasteiger partial charge is 0.460 e. The minimum absolute atomic E-state index is 0.0271. The van der Waals surface area contributed by atoms with Gasteiger partial charge < -0.3 is 9.64 Å². The standard InChI is InChI=1S/C12H13F3N2O3S/c1-7-9(21-6-16-7)4-20-11(19)8-2-10(18)17(3-8)5-12(13,14)15/h6,8H,2-5H2,1H3/t8-/m0/s1. The van der Waals surface area contributed by atoms with Gasteiger partial charge in [0, 0.05) is 13.0 Å². The van der Waals surface area contributed by atoms with Crippen molar-refractivity contribution in [2.45, 2.75) is 26.1 Å². The number of halogens is 3. The van der Waals surface area contributed by atoms with Crippen molar-refractivity contribution in [3.63, 3.8) is 0 Å². The number of alkyl halides is 3. The molecule has 116 valence electrons. The van der Waals surface area contributed by atoms with Crippen LogP contribution in [0.25, 0.3) is 0 Å². The van der Waals surface area contributed by atoms with Crippen LogP contribution in [0.15, 0.2) is 5.51 Å². The highest BCUT2D eigenvalue weighted by Gasteiger charge is 2.41. The number of rotatable bonds is 4. The number of ether oxygens (including phenoxy) is 1. The number of likely N-dealkylation sites (tertiary alicyclic amines) is 1. The molecule has 0 radical (unpaired) electrons. The van der Waals surface area contributed by atoms with Crippen molar-refractivity contribution in [3.05, 3.63) is 16.1 Å². The van der Waals surface area contributed by atoms with Gasteiger partial charge in [-0.2, -0.15) is 13.2 Å². The van der Waals surface area contributed by atoms with Crippen LogP contribution in [0.2, 0.25) is 0 Å². The van der Waals surface area contributed by atoms with Crippen molar-refractivity contribution in [2.24, 2.45) is 5.92 Å². The highest BCUT2D eigenvalue weighted by Crippen LogP contribution is 2.25. The van der Waals surface area contributed by atoms with E-state index in [-0.39, 0.29) is 19.6 Å². The summed E-state index contributed by atoms with van der Waals surface area (Å²) in [5.74, 6) is -2.17. The predicted molar refractivity (Wildman–Crippen MR) is 67.4 cm³/mol. The van der Waals surface area contributed by atoms with Crippen LogP contribution in [0, 0.1) is 12.8 Å². The quantitative estimate of drug-likeness (QED) is 0.795. The molecule has 1 amide bonds. The lowest BCUT2D eigenvalue weighted by Gasteiger charge is -2.18. The van der Waals surface area contributed by atoms with Crippen molar-refractivity contribution in [1.82, 2.24) is 9.88 Å². The summed E-state index contributed by atoms with van der Waals surface area (Å²) in [6.45, 7) is 0.214. The summed E-state index contributed by atoms with van der Waals surface area (Å²) in [5.41, 5.74) is 2.36. The van der Waals surface area contributed by atoms with Crippen molar-refractivity contribution < 1.29 is 27.5 Å². The third kappa shape index (κ3) is 4.16. The Morgan fingerprint density at radius 3 is 2.86 bits per heavy atom.